The number of hydrogen-bond acceptors (Lipinski definition) is 3. The molecule has 0 saturated heterocycles. The van der Waals surface area contributed by atoms with Crippen LogP contribution in [0.2, 0.25) is 0 Å². The van der Waals surface area contributed by atoms with Crippen molar-refractivity contribution < 1.29 is 9.53 Å². The normalized spacial score (nSPS) is 11.1. The molecule has 0 fully saturated rings. The van der Waals surface area contributed by atoms with Gasteiger partial charge in [-0.15, -0.1) is 0 Å². The first kappa shape index (κ1) is 14.4. The van der Waals surface area contributed by atoms with E-state index in [1.54, 1.807) is 18.2 Å². The van der Waals surface area contributed by atoms with E-state index in [0.717, 1.165) is 6.42 Å². The van der Waals surface area contributed by atoms with Gasteiger partial charge in [0, 0.05) is 12.2 Å². The van der Waals surface area contributed by atoms with Crippen LogP contribution in [0.4, 0.5) is 5.69 Å². The molecular weight excluding hydrogens is 228 g/mol. The first-order chi connectivity index (χ1) is 8.33. The van der Waals surface area contributed by atoms with Crippen LogP contribution in [-0.4, -0.2) is 19.6 Å². The Balaban J connectivity index is 2.69. The summed E-state index contributed by atoms with van der Waals surface area (Å²) in [4.78, 5) is 12.0. The van der Waals surface area contributed by atoms with E-state index in [1.165, 1.54) is 7.11 Å². The molecule has 0 radical (unpaired) electrons. The van der Waals surface area contributed by atoms with E-state index in [1.807, 2.05) is 0 Å². The van der Waals surface area contributed by atoms with Crippen molar-refractivity contribution in [2.75, 3.05) is 19.4 Å². The van der Waals surface area contributed by atoms with E-state index in [-0.39, 0.29) is 11.3 Å². The highest BCUT2D eigenvalue weighted by Crippen LogP contribution is 2.21. The second-order valence-corrected chi connectivity index (χ2v) is 5.53. The molecule has 1 aromatic rings. The maximum absolute atomic E-state index is 12.0. The predicted molar refractivity (Wildman–Crippen MR) is 73.8 cm³/mol. The SMILES string of the molecule is COc1ccc(N)cc1C(=O)NCCC(C)(C)C. The first-order valence-electron chi connectivity index (χ1n) is 6.05. The molecule has 4 nitrogen and oxygen atoms in total. The van der Waals surface area contributed by atoms with Crippen LogP contribution in [0, 0.1) is 5.41 Å². The summed E-state index contributed by atoms with van der Waals surface area (Å²) < 4.78 is 5.15. The van der Waals surface area contributed by atoms with Crippen LogP contribution in [0.5, 0.6) is 5.75 Å². The van der Waals surface area contributed by atoms with Gasteiger partial charge in [-0.2, -0.15) is 0 Å². The topological polar surface area (TPSA) is 64.3 Å². The van der Waals surface area contributed by atoms with E-state index < -0.39 is 0 Å². The summed E-state index contributed by atoms with van der Waals surface area (Å²) in [7, 11) is 1.54. The van der Waals surface area contributed by atoms with Crippen molar-refractivity contribution in [3.8, 4) is 5.75 Å². The van der Waals surface area contributed by atoms with Crippen LogP contribution < -0.4 is 15.8 Å². The Labute approximate surface area is 109 Å². The van der Waals surface area contributed by atoms with Gasteiger partial charge in [0.15, 0.2) is 0 Å². The molecule has 0 aliphatic carbocycles. The molecule has 0 unspecified atom stereocenters. The molecule has 0 aliphatic heterocycles. The summed E-state index contributed by atoms with van der Waals surface area (Å²) in [5, 5.41) is 2.88. The number of carbonyl (C=O) groups excluding carboxylic acids is 1. The monoisotopic (exact) mass is 250 g/mol. The lowest BCUT2D eigenvalue weighted by Gasteiger charge is -2.18. The highest BCUT2D eigenvalue weighted by Gasteiger charge is 2.14. The Hall–Kier alpha value is -1.71. The van der Waals surface area contributed by atoms with Gasteiger partial charge in [-0.05, 0) is 30.0 Å². The largest absolute Gasteiger partial charge is 0.496 e. The summed E-state index contributed by atoms with van der Waals surface area (Å²) in [6.07, 6.45) is 0.920. The highest BCUT2D eigenvalue weighted by molar-refractivity contribution is 5.97. The average Bonchev–Trinajstić information content (AvgIpc) is 2.27. The average molecular weight is 250 g/mol. The zero-order valence-corrected chi connectivity index (χ0v) is 11.5. The van der Waals surface area contributed by atoms with Gasteiger partial charge in [-0.1, -0.05) is 20.8 Å². The summed E-state index contributed by atoms with van der Waals surface area (Å²) in [6, 6.07) is 5.05. The van der Waals surface area contributed by atoms with Crippen LogP contribution in [-0.2, 0) is 0 Å². The molecule has 4 heteroatoms. The molecule has 0 aliphatic rings. The molecule has 0 bridgehead atoms. The van der Waals surface area contributed by atoms with Crippen molar-refractivity contribution in [1.29, 1.82) is 0 Å². The van der Waals surface area contributed by atoms with Crippen LogP contribution >= 0.6 is 0 Å². The second-order valence-electron chi connectivity index (χ2n) is 5.53. The summed E-state index contributed by atoms with van der Waals surface area (Å²) >= 11 is 0. The predicted octanol–water partition coefficient (Wildman–Crippen LogP) is 2.44. The third-order valence-corrected chi connectivity index (χ3v) is 2.63. The van der Waals surface area contributed by atoms with Gasteiger partial charge in [0.05, 0.1) is 12.7 Å². The minimum absolute atomic E-state index is 0.150. The number of ether oxygens (including phenoxy) is 1. The van der Waals surface area contributed by atoms with Crippen LogP contribution in [0.25, 0.3) is 0 Å². The second kappa shape index (κ2) is 5.76. The van der Waals surface area contributed by atoms with Gasteiger partial charge in [0.2, 0.25) is 0 Å². The van der Waals surface area contributed by atoms with Crippen molar-refractivity contribution in [1.82, 2.24) is 5.32 Å². The van der Waals surface area contributed by atoms with Gasteiger partial charge in [0.1, 0.15) is 5.75 Å². The Morgan fingerprint density at radius 1 is 1.39 bits per heavy atom. The van der Waals surface area contributed by atoms with Crippen molar-refractivity contribution in [3.05, 3.63) is 23.8 Å². The number of nitrogen functional groups attached to an aromatic ring is 1. The summed E-state index contributed by atoms with van der Waals surface area (Å²) in [6.45, 7) is 7.06. The number of nitrogens with one attached hydrogen (secondary N) is 1. The van der Waals surface area contributed by atoms with Gasteiger partial charge < -0.3 is 15.8 Å². The molecule has 0 aromatic heterocycles. The highest BCUT2D eigenvalue weighted by atomic mass is 16.5. The van der Waals surface area contributed by atoms with Gasteiger partial charge in [-0.25, -0.2) is 0 Å². The number of nitrogens with two attached hydrogens (primary N) is 1. The number of rotatable bonds is 4. The van der Waals surface area contributed by atoms with Crippen LogP contribution in [0.1, 0.15) is 37.6 Å². The lowest BCUT2D eigenvalue weighted by molar-refractivity contribution is 0.0946. The number of benzene rings is 1. The van der Waals surface area contributed by atoms with Gasteiger partial charge in [-0.3, -0.25) is 4.79 Å². The Morgan fingerprint density at radius 2 is 2.06 bits per heavy atom. The molecule has 18 heavy (non-hydrogen) atoms. The standard InChI is InChI=1S/C14H22N2O2/c1-14(2,3)7-8-16-13(17)11-9-10(15)5-6-12(11)18-4/h5-6,9H,7-8,15H2,1-4H3,(H,16,17). The van der Waals surface area contributed by atoms with Gasteiger partial charge >= 0.3 is 0 Å². The summed E-state index contributed by atoms with van der Waals surface area (Å²) in [5.74, 6) is 0.390. The lowest BCUT2D eigenvalue weighted by atomic mass is 9.92. The first-order valence-corrected chi connectivity index (χ1v) is 6.05. The zero-order valence-electron chi connectivity index (χ0n) is 11.5. The van der Waals surface area contributed by atoms with E-state index in [9.17, 15) is 4.79 Å². The molecule has 0 heterocycles. The maximum Gasteiger partial charge on any atom is 0.255 e. The fourth-order valence-corrected chi connectivity index (χ4v) is 1.55. The minimum Gasteiger partial charge on any atom is -0.496 e. The molecule has 1 rings (SSSR count). The Bertz CT molecular complexity index is 422. The van der Waals surface area contributed by atoms with E-state index in [0.29, 0.717) is 23.5 Å². The maximum atomic E-state index is 12.0. The van der Waals surface area contributed by atoms with Crippen LogP contribution in [0.3, 0.4) is 0 Å². The summed E-state index contributed by atoms with van der Waals surface area (Å²) in [5.41, 5.74) is 6.91. The third-order valence-electron chi connectivity index (χ3n) is 2.63. The van der Waals surface area contributed by atoms with Crippen molar-refractivity contribution >= 4 is 11.6 Å². The minimum atomic E-state index is -0.150. The van der Waals surface area contributed by atoms with Crippen LogP contribution in [0.15, 0.2) is 18.2 Å². The molecular formula is C14H22N2O2. The molecule has 1 aromatic carbocycles. The molecule has 100 valence electrons. The van der Waals surface area contributed by atoms with E-state index in [4.69, 9.17) is 10.5 Å². The van der Waals surface area contributed by atoms with E-state index >= 15 is 0 Å². The smallest absolute Gasteiger partial charge is 0.255 e. The quantitative estimate of drug-likeness (QED) is 0.807. The Kier molecular flexibility index (Phi) is 4.59. The molecule has 3 N–H and O–H groups in total. The molecule has 1 amide bonds. The number of amides is 1. The molecule has 0 spiro atoms. The third kappa shape index (κ3) is 4.28. The fourth-order valence-electron chi connectivity index (χ4n) is 1.55. The Morgan fingerprint density at radius 3 is 2.61 bits per heavy atom. The van der Waals surface area contributed by atoms with Crippen molar-refractivity contribution in [3.63, 3.8) is 0 Å². The number of hydrogen-bond donors (Lipinski definition) is 2. The zero-order chi connectivity index (χ0) is 13.8. The van der Waals surface area contributed by atoms with Crippen molar-refractivity contribution in [2.24, 2.45) is 5.41 Å². The van der Waals surface area contributed by atoms with Crippen molar-refractivity contribution in [2.45, 2.75) is 27.2 Å². The number of carbonyl (C=O) groups is 1. The molecule has 0 saturated carbocycles. The van der Waals surface area contributed by atoms with E-state index in [2.05, 4.69) is 26.1 Å². The molecule has 0 atom stereocenters. The van der Waals surface area contributed by atoms with Gasteiger partial charge in [0.25, 0.3) is 5.91 Å². The lowest BCUT2D eigenvalue weighted by Crippen LogP contribution is -2.27. The number of anilines is 1. The number of methoxy groups -OCH3 is 1. The fraction of sp³-hybridized carbons (Fsp3) is 0.500.